The molecule has 0 heterocycles. The molecule has 1 rings (SSSR count). The molecule has 1 aromatic carbocycles. The van der Waals surface area contributed by atoms with Gasteiger partial charge in [0.2, 0.25) is 0 Å². The van der Waals surface area contributed by atoms with Crippen molar-refractivity contribution in [1.29, 1.82) is 0 Å². The minimum atomic E-state index is -3.49. The molecule has 98 valence electrons. The number of terminal acetylenes is 1. The summed E-state index contributed by atoms with van der Waals surface area (Å²) in [5, 5.41) is 0. The predicted molar refractivity (Wildman–Crippen MR) is 73.0 cm³/mol. The van der Waals surface area contributed by atoms with E-state index in [4.69, 9.17) is 6.42 Å². The average Bonchev–Trinajstić information content (AvgIpc) is 2.31. The van der Waals surface area contributed by atoms with Crippen LogP contribution in [0.3, 0.4) is 0 Å². The Hall–Kier alpha value is -1.35. The van der Waals surface area contributed by atoms with E-state index in [1.54, 1.807) is 0 Å². The third-order valence-corrected chi connectivity index (χ3v) is 4.37. The minimum Gasteiger partial charge on any atom is -0.195 e. The second kappa shape index (κ2) is 6.01. The monoisotopic (exact) mass is 266 g/mol. The summed E-state index contributed by atoms with van der Waals surface area (Å²) in [4.78, 5) is 0. The Morgan fingerprint density at radius 1 is 1.22 bits per heavy atom. The molecule has 0 N–H and O–H groups in total. The maximum atomic E-state index is 12.0. The van der Waals surface area contributed by atoms with E-state index in [1.165, 1.54) is 22.7 Å². The highest BCUT2D eigenvalue weighted by molar-refractivity contribution is 7.86. The molecule has 0 saturated carbocycles. The summed E-state index contributed by atoms with van der Waals surface area (Å²) in [6.45, 7) is 2.33. The van der Waals surface area contributed by atoms with Gasteiger partial charge in [-0.1, -0.05) is 35.7 Å². The van der Waals surface area contributed by atoms with E-state index in [1.807, 2.05) is 31.2 Å². The van der Waals surface area contributed by atoms with E-state index in [2.05, 4.69) is 5.92 Å². The lowest BCUT2D eigenvalue weighted by molar-refractivity contribution is 0.397. The van der Waals surface area contributed by atoms with Gasteiger partial charge in [-0.2, -0.15) is 17.0 Å². The summed E-state index contributed by atoms with van der Waals surface area (Å²) < 4.78 is 26.5. The molecule has 1 aromatic rings. The van der Waals surface area contributed by atoms with E-state index < -0.39 is 10.2 Å². The zero-order valence-electron chi connectivity index (χ0n) is 10.9. The lowest BCUT2D eigenvalue weighted by atomic mass is 10.1. The first kappa shape index (κ1) is 14.7. The average molecular weight is 266 g/mol. The Morgan fingerprint density at radius 3 is 2.22 bits per heavy atom. The van der Waals surface area contributed by atoms with Crippen LogP contribution in [-0.2, 0) is 16.8 Å². The maximum Gasteiger partial charge on any atom is 0.282 e. The first-order chi connectivity index (χ1) is 8.37. The molecule has 18 heavy (non-hydrogen) atoms. The van der Waals surface area contributed by atoms with Crippen LogP contribution in [0.4, 0.5) is 0 Å². The highest BCUT2D eigenvalue weighted by atomic mass is 32.2. The Bertz CT molecular complexity index is 527. The van der Waals surface area contributed by atoms with Crippen molar-refractivity contribution in [2.75, 3.05) is 20.6 Å². The molecule has 0 atom stereocenters. The fourth-order valence-electron chi connectivity index (χ4n) is 1.45. The van der Waals surface area contributed by atoms with Crippen LogP contribution in [0.2, 0.25) is 0 Å². The Labute approximate surface area is 109 Å². The molecule has 0 aliphatic heterocycles. The van der Waals surface area contributed by atoms with E-state index in [9.17, 15) is 8.42 Å². The molecular formula is C13H18N2O2S. The molecule has 4 nitrogen and oxygen atoms in total. The summed E-state index contributed by atoms with van der Waals surface area (Å²) in [5.74, 6) is 2.38. The van der Waals surface area contributed by atoms with Crippen molar-refractivity contribution in [3.05, 3.63) is 35.4 Å². The van der Waals surface area contributed by atoms with Crippen LogP contribution in [-0.4, -0.2) is 37.7 Å². The zero-order valence-corrected chi connectivity index (χ0v) is 11.7. The van der Waals surface area contributed by atoms with Gasteiger partial charge in [-0.3, -0.25) is 0 Å². The van der Waals surface area contributed by atoms with Crippen LogP contribution in [0.15, 0.2) is 24.3 Å². The minimum absolute atomic E-state index is 0.0639. The fourth-order valence-corrected chi connectivity index (χ4v) is 2.46. The van der Waals surface area contributed by atoms with Crippen LogP contribution in [0, 0.1) is 19.3 Å². The zero-order chi connectivity index (χ0) is 13.8. The summed E-state index contributed by atoms with van der Waals surface area (Å²) in [6, 6.07) is 7.71. The SMILES string of the molecule is C#CCN(Cc1ccc(C)cc1)S(=O)(=O)N(C)C. The van der Waals surface area contributed by atoms with Crippen LogP contribution in [0.5, 0.6) is 0 Å². The Morgan fingerprint density at radius 2 is 1.78 bits per heavy atom. The molecule has 0 amide bonds. The van der Waals surface area contributed by atoms with Crippen LogP contribution < -0.4 is 0 Å². The van der Waals surface area contributed by atoms with Gasteiger partial charge in [-0.25, -0.2) is 0 Å². The van der Waals surface area contributed by atoms with Gasteiger partial charge >= 0.3 is 0 Å². The molecule has 0 aliphatic carbocycles. The highest BCUT2D eigenvalue weighted by Gasteiger charge is 2.23. The van der Waals surface area contributed by atoms with Gasteiger partial charge < -0.3 is 0 Å². The van der Waals surface area contributed by atoms with Gasteiger partial charge in [0.05, 0.1) is 6.54 Å². The molecule has 5 heteroatoms. The smallest absolute Gasteiger partial charge is 0.195 e. The molecule has 0 radical (unpaired) electrons. The standard InChI is InChI=1S/C13H18N2O2S/c1-5-10-15(18(16,17)14(3)4)11-13-8-6-12(2)7-9-13/h1,6-9H,10-11H2,2-4H3. The van der Waals surface area contributed by atoms with Crippen molar-refractivity contribution < 1.29 is 8.42 Å². The van der Waals surface area contributed by atoms with E-state index in [0.29, 0.717) is 0 Å². The number of benzene rings is 1. The molecule has 0 aromatic heterocycles. The summed E-state index contributed by atoms with van der Waals surface area (Å²) in [6.07, 6.45) is 5.23. The van der Waals surface area contributed by atoms with Crippen molar-refractivity contribution in [3.8, 4) is 12.3 Å². The molecule has 0 saturated heterocycles. The number of rotatable bonds is 5. The van der Waals surface area contributed by atoms with E-state index in [0.717, 1.165) is 11.1 Å². The molecule has 0 fully saturated rings. The van der Waals surface area contributed by atoms with Crippen LogP contribution in [0.25, 0.3) is 0 Å². The third-order valence-electron chi connectivity index (χ3n) is 2.53. The lowest BCUT2D eigenvalue weighted by Crippen LogP contribution is -2.39. The van der Waals surface area contributed by atoms with Crippen LogP contribution in [0.1, 0.15) is 11.1 Å². The normalized spacial score (nSPS) is 11.8. The molecule has 0 spiro atoms. The fraction of sp³-hybridized carbons (Fsp3) is 0.385. The Kier molecular flexibility index (Phi) is 4.91. The van der Waals surface area contributed by atoms with Gasteiger partial charge in [0, 0.05) is 20.6 Å². The number of nitrogens with zero attached hydrogens (tertiary/aromatic N) is 2. The van der Waals surface area contributed by atoms with Crippen molar-refractivity contribution in [1.82, 2.24) is 8.61 Å². The second-order valence-electron chi connectivity index (χ2n) is 4.25. The number of hydrogen-bond acceptors (Lipinski definition) is 2. The summed E-state index contributed by atoms with van der Waals surface area (Å²) in [7, 11) is -0.497. The molecule has 0 aliphatic rings. The molecular weight excluding hydrogens is 248 g/mol. The van der Waals surface area contributed by atoms with E-state index >= 15 is 0 Å². The van der Waals surface area contributed by atoms with Gasteiger partial charge in [-0.05, 0) is 12.5 Å². The summed E-state index contributed by atoms with van der Waals surface area (Å²) in [5.41, 5.74) is 2.05. The van der Waals surface area contributed by atoms with Crippen molar-refractivity contribution in [2.24, 2.45) is 0 Å². The quantitative estimate of drug-likeness (QED) is 0.752. The van der Waals surface area contributed by atoms with Gasteiger partial charge in [0.1, 0.15) is 0 Å². The van der Waals surface area contributed by atoms with Crippen LogP contribution >= 0.6 is 0 Å². The first-order valence-corrected chi connectivity index (χ1v) is 6.94. The third kappa shape index (κ3) is 3.57. The van der Waals surface area contributed by atoms with E-state index in [-0.39, 0.29) is 13.1 Å². The molecule has 0 unspecified atom stereocenters. The lowest BCUT2D eigenvalue weighted by Gasteiger charge is -2.23. The number of hydrogen-bond donors (Lipinski definition) is 0. The first-order valence-electron chi connectivity index (χ1n) is 5.54. The molecule has 0 bridgehead atoms. The Balaban J connectivity index is 2.95. The van der Waals surface area contributed by atoms with Crippen molar-refractivity contribution in [2.45, 2.75) is 13.5 Å². The summed E-state index contributed by atoms with van der Waals surface area (Å²) >= 11 is 0. The second-order valence-corrected chi connectivity index (χ2v) is 6.39. The largest absolute Gasteiger partial charge is 0.282 e. The maximum absolute atomic E-state index is 12.0. The topological polar surface area (TPSA) is 40.6 Å². The van der Waals surface area contributed by atoms with Crippen molar-refractivity contribution >= 4 is 10.2 Å². The van der Waals surface area contributed by atoms with Gasteiger partial charge in [0.25, 0.3) is 10.2 Å². The van der Waals surface area contributed by atoms with Gasteiger partial charge in [-0.15, -0.1) is 6.42 Å². The predicted octanol–water partition coefficient (Wildman–Crippen LogP) is 1.24. The van der Waals surface area contributed by atoms with Gasteiger partial charge in [0.15, 0.2) is 0 Å². The van der Waals surface area contributed by atoms with Crippen molar-refractivity contribution in [3.63, 3.8) is 0 Å². The highest BCUT2D eigenvalue weighted by Crippen LogP contribution is 2.11. The number of aryl methyl sites for hydroxylation is 1.